The number of carbonyl (C=O) groups excluding carboxylic acids is 2. The summed E-state index contributed by atoms with van der Waals surface area (Å²) in [5.41, 5.74) is 0. The Balaban J connectivity index is 2.71. The summed E-state index contributed by atoms with van der Waals surface area (Å²) in [5, 5.41) is 26.1. The molecule has 6 nitrogen and oxygen atoms in total. The zero-order chi connectivity index (χ0) is 9.30. The quantitative estimate of drug-likeness (QED) is 0.239. The van der Waals surface area contributed by atoms with Gasteiger partial charge in [0.15, 0.2) is 6.10 Å². The van der Waals surface area contributed by atoms with Crippen molar-refractivity contribution in [1.82, 2.24) is 0 Å². The number of hydrogen-bond donors (Lipinski definition) is 3. The van der Waals surface area contributed by atoms with Crippen LogP contribution in [0, 0.1) is 0 Å². The van der Waals surface area contributed by atoms with Gasteiger partial charge in [0.1, 0.15) is 6.10 Å². The molecule has 0 bridgehead atoms. The summed E-state index contributed by atoms with van der Waals surface area (Å²) in [7, 11) is 0. The van der Waals surface area contributed by atoms with Gasteiger partial charge in [-0.3, -0.25) is 4.79 Å². The van der Waals surface area contributed by atoms with Crippen molar-refractivity contribution in [1.29, 1.82) is 0 Å². The van der Waals surface area contributed by atoms with E-state index in [-0.39, 0.29) is 0 Å². The summed E-state index contributed by atoms with van der Waals surface area (Å²) in [6, 6.07) is 0. The van der Waals surface area contributed by atoms with E-state index >= 15 is 0 Å². The van der Waals surface area contributed by atoms with E-state index in [1.807, 2.05) is 0 Å². The van der Waals surface area contributed by atoms with Crippen LogP contribution >= 0.6 is 0 Å². The molecule has 0 aliphatic carbocycles. The summed E-state index contributed by atoms with van der Waals surface area (Å²) < 4.78 is 4.29. The smallest absolute Gasteiger partial charge is 0.343 e. The number of ketones is 1. The van der Waals surface area contributed by atoms with Crippen LogP contribution in [0.5, 0.6) is 0 Å². The average Bonchev–Trinajstić information content (AvgIpc) is 2.32. The van der Waals surface area contributed by atoms with Crippen LogP contribution < -0.4 is 0 Å². The van der Waals surface area contributed by atoms with Gasteiger partial charge in [-0.25, -0.2) is 4.79 Å². The maximum atomic E-state index is 10.8. The largest absolute Gasteiger partial charge is 0.449 e. The van der Waals surface area contributed by atoms with Crippen molar-refractivity contribution in [3.8, 4) is 0 Å². The lowest BCUT2D eigenvalue weighted by atomic mass is 10.1. The van der Waals surface area contributed by atoms with Crippen LogP contribution in [0.25, 0.3) is 0 Å². The standard InChI is InChI=1S/C6H8O6/c7-1-2(8)5-3(9)4(10)6(11)12-5/h2,4-5,7-8,10H,1H2/t2?,4?,5-/m1/s1/i6+1. The molecule has 1 aliphatic rings. The van der Waals surface area contributed by atoms with E-state index in [1.165, 1.54) is 0 Å². The summed E-state index contributed by atoms with van der Waals surface area (Å²) in [6.45, 7) is -0.698. The van der Waals surface area contributed by atoms with Gasteiger partial charge < -0.3 is 20.1 Å². The maximum Gasteiger partial charge on any atom is 0.343 e. The van der Waals surface area contributed by atoms with E-state index < -0.39 is 36.7 Å². The predicted molar refractivity (Wildman–Crippen MR) is 34.0 cm³/mol. The minimum Gasteiger partial charge on any atom is -0.449 e. The fourth-order valence-corrected chi connectivity index (χ4v) is 0.883. The highest BCUT2D eigenvalue weighted by Gasteiger charge is 2.45. The lowest BCUT2D eigenvalue weighted by molar-refractivity contribution is -0.151. The number of esters is 1. The van der Waals surface area contributed by atoms with Crippen molar-refractivity contribution in [2.45, 2.75) is 18.3 Å². The summed E-state index contributed by atoms with van der Waals surface area (Å²) in [5.74, 6) is -2.00. The molecule has 3 atom stereocenters. The molecule has 0 radical (unpaired) electrons. The van der Waals surface area contributed by atoms with E-state index in [1.54, 1.807) is 0 Å². The second-order valence-corrected chi connectivity index (χ2v) is 2.41. The first-order valence-corrected chi connectivity index (χ1v) is 3.29. The number of Topliss-reactive ketones (excluding diaryl/α,β-unsaturated/α-hetero) is 1. The highest BCUT2D eigenvalue weighted by Crippen LogP contribution is 2.13. The normalized spacial score (nSPS) is 31.9. The van der Waals surface area contributed by atoms with Gasteiger partial charge in [-0.15, -0.1) is 0 Å². The van der Waals surface area contributed by atoms with Crippen LogP contribution in [0.3, 0.4) is 0 Å². The van der Waals surface area contributed by atoms with Crippen molar-refractivity contribution in [3.63, 3.8) is 0 Å². The van der Waals surface area contributed by atoms with E-state index in [0.717, 1.165) is 0 Å². The number of aliphatic hydroxyl groups is 3. The zero-order valence-electron chi connectivity index (χ0n) is 6.01. The van der Waals surface area contributed by atoms with Crippen LogP contribution in [0.2, 0.25) is 0 Å². The highest BCUT2D eigenvalue weighted by atomic mass is 16.7. The summed E-state index contributed by atoms with van der Waals surface area (Å²) >= 11 is 0. The Hall–Kier alpha value is -0.980. The van der Waals surface area contributed by atoms with Crippen LogP contribution in [0.1, 0.15) is 0 Å². The van der Waals surface area contributed by atoms with E-state index in [9.17, 15) is 9.59 Å². The van der Waals surface area contributed by atoms with Crippen molar-refractivity contribution < 1.29 is 29.6 Å². The van der Waals surface area contributed by atoms with Crippen molar-refractivity contribution >= 4 is 11.8 Å². The van der Waals surface area contributed by atoms with Gasteiger partial charge in [-0.05, 0) is 0 Å². The van der Waals surface area contributed by atoms with Crippen molar-refractivity contribution in [2.24, 2.45) is 0 Å². The maximum absolute atomic E-state index is 10.8. The van der Waals surface area contributed by atoms with Crippen LogP contribution in [-0.2, 0) is 14.3 Å². The van der Waals surface area contributed by atoms with E-state index in [2.05, 4.69) is 4.74 Å². The average molecular weight is 177 g/mol. The lowest BCUT2D eigenvalue weighted by Gasteiger charge is -2.11. The second-order valence-electron chi connectivity index (χ2n) is 2.41. The molecule has 0 saturated carbocycles. The summed E-state index contributed by atoms with van der Waals surface area (Å²) in [4.78, 5) is 21.4. The number of hydrogen-bond acceptors (Lipinski definition) is 6. The SMILES string of the molecule is O=C1C(O)[13C](=O)O[C@@H]1C(O)CO. The van der Waals surface area contributed by atoms with Gasteiger partial charge in [0.2, 0.25) is 11.9 Å². The molecule has 1 heterocycles. The van der Waals surface area contributed by atoms with Gasteiger partial charge in [0, 0.05) is 0 Å². The molecule has 0 aromatic carbocycles. The second kappa shape index (κ2) is 3.18. The molecular weight excluding hydrogens is 169 g/mol. The third kappa shape index (κ3) is 1.31. The third-order valence-corrected chi connectivity index (χ3v) is 1.55. The number of ether oxygens (including phenoxy) is 1. The minimum absolute atomic E-state index is 0.698. The predicted octanol–water partition coefficient (Wildman–Crippen LogP) is -2.81. The first kappa shape index (κ1) is 9.11. The minimum atomic E-state index is -1.82. The van der Waals surface area contributed by atoms with E-state index in [4.69, 9.17) is 15.3 Å². The Morgan fingerprint density at radius 1 is 1.50 bits per heavy atom. The summed E-state index contributed by atoms with van der Waals surface area (Å²) in [6.07, 6.45) is -4.72. The Kier molecular flexibility index (Phi) is 2.41. The molecule has 0 aromatic heterocycles. The molecule has 6 heteroatoms. The Morgan fingerprint density at radius 3 is 2.42 bits per heavy atom. The van der Waals surface area contributed by atoms with Crippen LogP contribution in [0.4, 0.5) is 0 Å². The molecule has 0 amide bonds. The van der Waals surface area contributed by atoms with Gasteiger partial charge in [-0.1, -0.05) is 0 Å². The molecule has 12 heavy (non-hydrogen) atoms. The van der Waals surface area contributed by atoms with Crippen molar-refractivity contribution in [2.75, 3.05) is 6.61 Å². The fraction of sp³-hybridized carbons (Fsp3) is 0.667. The Morgan fingerprint density at radius 2 is 2.08 bits per heavy atom. The zero-order valence-corrected chi connectivity index (χ0v) is 6.01. The fourth-order valence-electron chi connectivity index (χ4n) is 0.883. The molecule has 0 spiro atoms. The van der Waals surface area contributed by atoms with Gasteiger partial charge in [0.25, 0.3) is 0 Å². The highest BCUT2D eigenvalue weighted by molar-refractivity contribution is 6.09. The molecule has 1 aliphatic heterocycles. The number of rotatable bonds is 2. The number of carbonyl (C=O) groups is 2. The lowest BCUT2D eigenvalue weighted by Crippen LogP contribution is -2.36. The molecule has 0 aromatic rings. The monoisotopic (exact) mass is 177 g/mol. The van der Waals surface area contributed by atoms with E-state index in [0.29, 0.717) is 0 Å². The third-order valence-electron chi connectivity index (χ3n) is 1.55. The first-order valence-electron chi connectivity index (χ1n) is 3.29. The van der Waals surface area contributed by atoms with Gasteiger partial charge in [-0.2, -0.15) is 0 Å². The molecule has 1 fully saturated rings. The number of cyclic esters (lactones) is 1. The molecule has 1 saturated heterocycles. The van der Waals surface area contributed by atoms with Gasteiger partial charge >= 0.3 is 5.97 Å². The van der Waals surface area contributed by atoms with Gasteiger partial charge in [0.05, 0.1) is 6.61 Å². The van der Waals surface area contributed by atoms with Crippen LogP contribution in [0.15, 0.2) is 0 Å². The molecular formula is C6H8O6. The number of aliphatic hydroxyl groups excluding tert-OH is 3. The topological polar surface area (TPSA) is 104 Å². The van der Waals surface area contributed by atoms with Crippen molar-refractivity contribution in [3.05, 3.63) is 0 Å². The first-order chi connectivity index (χ1) is 5.57. The molecule has 2 unspecified atom stereocenters. The Labute approximate surface area is 67.4 Å². The van der Waals surface area contributed by atoms with Crippen LogP contribution in [-0.4, -0.2) is 52.0 Å². The Bertz CT molecular complexity index is 212. The molecule has 68 valence electrons. The molecule has 3 N–H and O–H groups in total. The molecule has 1 rings (SSSR count).